The first-order chi connectivity index (χ1) is 15.0. The fraction of sp³-hybridized carbons (Fsp3) is 0.375. The van der Waals surface area contributed by atoms with E-state index in [4.69, 9.17) is 9.47 Å². The summed E-state index contributed by atoms with van der Waals surface area (Å²) in [6.07, 6.45) is 2.47. The standard InChI is InChI=1S/C24H26N2O5/c1-3-15(2)22(27)25-16-6-4-7-17(12-16)31-18-9-10-20-21(13-18)24(29)26(23(20)28)14-19-8-5-11-30-19/h4,6-7,9-10,12-13,15,19H,3,5,8,11,14H2,1-2H3,(H,25,27). The summed E-state index contributed by atoms with van der Waals surface area (Å²) in [5.74, 6) is 0.224. The van der Waals surface area contributed by atoms with Crippen LogP contribution in [-0.2, 0) is 9.53 Å². The van der Waals surface area contributed by atoms with Crippen LogP contribution in [0.15, 0.2) is 42.5 Å². The topological polar surface area (TPSA) is 84.9 Å². The van der Waals surface area contributed by atoms with Crippen LogP contribution in [0.3, 0.4) is 0 Å². The van der Waals surface area contributed by atoms with Crippen molar-refractivity contribution in [3.8, 4) is 11.5 Å². The molecular weight excluding hydrogens is 396 g/mol. The summed E-state index contributed by atoms with van der Waals surface area (Å²) >= 11 is 0. The van der Waals surface area contributed by atoms with Crippen LogP contribution in [0.25, 0.3) is 0 Å². The third-order valence-corrected chi connectivity index (χ3v) is 5.75. The lowest BCUT2D eigenvalue weighted by Crippen LogP contribution is -2.36. The third-order valence-electron chi connectivity index (χ3n) is 5.75. The van der Waals surface area contributed by atoms with Gasteiger partial charge in [-0.25, -0.2) is 0 Å². The molecule has 0 spiro atoms. The Morgan fingerprint density at radius 2 is 1.94 bits per heavy atom. The average Bonchev–Trinajstić information content (AvgIpc) is 3.36. The quantitative estimate of drug-likeness (QED) is 0.675. The van der Waals surface area contributed by atoms with Gasteiger partial charge in [0.2, 0.25) is 5.91 Å². The number of rotatable bonds is 7. The number of amides is 3. The zero-order valence-electron chi connectivity index (χ0n) is 17.7. The van der Waals surface area contributed by atoms with Crippen molar-refractivity contribution in [3.05, 3.63) is 53.6 Å². The van der Waals surface area contributed by atoms with E-state index in [1.165, 1.54) is 4.90 Å². The number of anilines is 1. The van der Waals surface area contributed by atoms with Gasteiger partial charge in [0.25, 0.3) is 11.8 Å². The van der Waals surface area contributed by atoms with Crippen molar-refractivity contribution < 1.29 is 23.9 Å². The summed E-state index contributed by atoms with van der Waals surface area (Å²) in [6.45, 7) is 4.79. The van der Waals surface area contributed by atoms with Gasteiger partial charge in [0.15, 0.2) is 0 Å². The van der Waals surface area contributed by atoms with Crippen LogP contribution >= 0.6 is 0 Å². The molecule has 0 aromatic heterocycles. The van der Waals surface area contributed by atoms with Gasteiger partial charge in [-0.2, -0.15) is 0 Å². The van der Waals surface area contributed by atoms with E-state index in [1.807, 2.05) is 13.8 Å². The maximum absolute atomic E-state index is 12.8. The van der Waals surface area contributed by atoms with Gasteiger partial charge in [0.05, 0.1) is 23.8 Å². The monoisotopic (exact) mass is 422 g/mol. The Balaban J connectivity index is 1.48. The molecule has 2 aliphatic rings. The molecule has 1 fully saturated rings. The van der Waals surface area contributed by atoms with Gasteiger partial charge < -0.3 is 14.8 Å². The van der Waals surface area contributed by atoms with Crippen molar-refractivity contribution in [3.63, 3.8) is 0 Å². The summed E-state index contributed by atoms with van der Waals surface area (Å²) < 4.78 is 11.5. The smallest absolute Gasteiger partial charge is 0.261 e. The minimum atomic E-state index is -0.324. The first-order valence-electron chi connectivity index (χ1n) is 10.7. The number of imide groups is 1. The van der Waals surface area contributed by atoms with Crippen LogP contribution in [0.2, 0.25) is 0 Å². The van der Waals surface area contributed by atoms with Crippen molar-refractivity contribution >= 4 is 23.4 Å². The lowest BCUT2D eigenvalue weighted by molar-refractivity contribution is -0.119. The van der Waals surface area contributed by atoms with E-state index in [-0.39, 0.29) is 36.3 Å². The summed E-state index contributed by atoms with van der Waals surface area (Å²) in [6, 6.07) is 12.0. The fourth-order valence-corrected chi connectivity index (χ4v) is 3.72. The number of benzene rings is 2. The predicted octanol–water partition coefficient (Wildman–Crippen LogP) is 4.24. The van der Waals surface area contributed by atoms with Crippen LogP contribution in [-0.4, -0.2) is 41.9 Å². The van der Waals surface area contributed by atoms with E-state index < -0.39 is 0 Å². The van der Waals surface area contributed by atoms with Crippen molar-refractivity contribution in [1.29, 1.82) is 0 Å². The van der Waals surface area contributed by atoms with Crippen LogP contribution in [0.4, 0.5) is 5.69 Å². The van der Waals surface area contributed by atoms with Crippen molar-refractivity contribution in [2.24, 2.45) is 5.92 Å². The van der Waals surface area contributed by atoms with Gasteiger partial charge in [-0.15, -0.1) is 0 Å². The van der Waals surface area contributed by atoms with Gasteiger partial charge >= 0.3 is 0 Å². The molecular formula is C24H26N2O5. The van der Waals surface area contributed by atoms with E-state index >= 15 is 0 Å². The van der Waals surface area contributed by atoms with Crippen molar-refractivity contribution in [2.75, 3.05) is 18.5 Å². The molecule has 7 nitrogen and oxygen atoms in total. The van der Waals surface area contributed by atoms with Crippen LogP contribution in [0.1, 0.15) is 53.8 Å². The molecule has 31 heavy (non-hydrogen) atoms. The molecule has 2 atom stereocenters. The highest BCUT2D eigenvalue weighted by atomic mass is 16.5. The van der Waals surface area contributed by atoms with Crippen LogP contribution in [0, 0.1) is 5.92 Å². The van der Waals surface area contributed by atoms with E-state index in [9.17, 15) is 14.4 Å². The maximum Gasteiger partial charge on any atom is 0.261 e. The zero-order valence-corrected chi connectivity index (χ0v) is 17.7. The van der Waals surface area contributed by atoms with Gasteiger partial charge in [-0.3, -0.25) is 19.3 Å². The Morgan fingerprint density at radius 3 is 2.68 bits per heavy atom. The highest BCUT2D eigenvalue weighted by Crippen LogP contribution is 2.31. The Bertz CT molecular complexity index is 1010. The number of nitrogens with zero attached hydrogens (tertiary/aromatic N) is 1. The Hall–Kier alpha value is -3.19. The molecule has 0 aliphatic carbocycles. The number of ether oxygens (including phenoxy) is 2. The number of carbonyl (C=O) groups excluding carboxylic acids is 3. The molecule has 0 radical (unpaired) electrons. The third kappa shape index (κ3) is 4.46. The SMILES string of the molecule is CCC(C)C(=O)Nc1cccc(Oc2ccc3c(c2)C(=O)N(CC2CCCO2)C3=O)c1. The van der Waals surface area contributed by atoms with Crippen LogP contribution in [0.5, 0.6) is 11.5 Å². The molecule has 3 amide bonds. The average molecular weight is 422 g/mol. The highest BCUT2D eigenvalue weighted by molar-refractivity contribution is 6.21. The molecule has 162 valence electrons. The lowest BCUT2D eigenvalue weighted by atomic mass is 10.1. The number of hydrogen-bond donors (Lipinski definition) is 1. The first kappa shape index (κ1) is 21.1. The van der Waals surface area contributed by atoms with Crippen molar-refractivity contribution in [2.45, 2.75) is 39.2 Å². The number of fused-ring (bicyclic) bond motifs is 1. The second kappa shape index (κ2) is 8.89. The first-order valence-corrected chi connectivity index (χ1v) is 10.7. The normalized spacial score (nSPS) is 18.8. The largest absolute Gasteiger partial charge is 0.457 e. The minimum Gasteiger partial charge on any atom is -0.457 e. The lowest BCUT2D eigenvalue weighted by Gasteiger charge is -2.17. The highest BCUT2D eigenvalue weighted by Gasteiger charge is 2.37. The molecule has 1 N–H and O–H groups in total. The molecule has 0 bridgehead atoms. The number of carbonyl (C=O) groups is 3. The van der Waals surface area contributed by atoms with E-state index in [0.717, 1.165) is 19.3 Å². The molecule has 2 unspecified atom stereocenters. The second-order valence-corrected chi connectivity index (χ2v) is 7.99. The number of hydrogen-bond acceptors (Lipinski definition) is 5. The molecule has 2 aromatic rings. The van der Waals surface area contributed by atoms with Gasteiger partial charge in [-0.05, 0) is 49.6 Å². The van der Waals surface area contributed by atoms with E-state index in [0.29, 0.717) is 34.9 Å². The molecule has 0 saturated carbocycles. The molecule has 4 rings (SSSR count). The molecule has 7 heteroatoms. The fourth-order valence-electron chi connectivity index (χ4n) is 3.72. The Morgan fingerprint density at radius 1 is 1.16 bits per heavy atom. The summed E-state index contributed by atoms with van der Waals surface area (Å²) in [5.41, 5.74) is 1.35. The second-order valence-electron chi connectivity index (χ2n) is 7.99. The molecule has 1 saturated heterocycles. The van der Waals surface area contributed by atoms with E-state index in [1.54, 1.807) is 42.5 Å². The number of nitrogens with one attached hydrogen (secondary N) is 1. The Kier molecular flexibility index (Phi) is 6.04. The van der Waals surface area contributed by atoms with Crippen LogP contribution < -0.4 is 10.1 Å². The predicted molar refractivity (Wildman–Crippen MR) is 115 cm³/mol. The van der Waals surface area contributed by atoms with Crippen molar-refractivity contribution in [1.82, 2.24) is 4.90 Å². The van der Waals surface area contributed by atoms with Gasteiger partial charge in [-0.1, -0.05) is 19.9 Å². The van der Waals surface area contributed by atoms with E-state index in [2.05, 4.69) is 5.32 Å². The summed E-state index contributed by atoms with van der Waals surface area (Å²) in [7, 11) is 0. The van der Waals surface area contributed by atoms with Gasteiger partial charge in [0.1, 0.15) is 11.5 Å². The van der Waals surface area contributed by atoms with Gasteiger partial charge in [0, 0.05) is 24.3 Å². The summed E-state index contributed by atoms with van der Waals surface area (Å²) in [4.78, 5) is 38.9. The Labute approximate surface area is 181 Å². The zero-order chi connectivity index (χ0) is 22.0. The molecule has 2 heterocycles. The molecule has 2 aromatic carbocycles. The minimum absolute atomic E-state index is 0.0485. The maximum atomic E-state index is 12.8. The summed E-state index contributed by atoms with van der Waals surface area (Å²) in [5, 5.41) is 2.88. The molecule has 2 aliphatic heterocycles.